The molecule has 5 heteroatoms. The number of nitrogens with one attached hydrogen (secondary N) is 1. The van der Waals surface area contributed by atoms with Crippen LogP contribution in [0.15, 0.2) is 0 Å². The maximum Gasteiger partial charge on any atom is 0.238 e. The van der Waals surface area contributed by atoms with Crippen LogP contribution in [0.25, 0.3) is 0 Å². The molecule has 0 fully saturated rings. The van der Waals surface area contributed by atoms with Gasteiger partial charge in [0.1, 0.15) is 0 Å². The molecular weight excluding hydrogens is 200 g/mol. The molecule has 0 radical (unpaired) electrons. The molecule has 0 heterocycles. The van der Waals surface area contributed by atoms with Crippen LogP contribution in [0.4, 0.5) is 0 Å². The Hall–Kier alpha value is -0.420. The molecule has 84 valence electrons. The van der Waals surface area contributed by atoms with Gasteiger partial charge < -0.3 is 10.2 Å². The molecule has 3 unspecified atom stereocenters. The molecule has 0 aromatic heterocycles. The van der Waals surface area contributed by atoms with E-state index in [-0.39, 0.29) is 18.0 Å². The van der Waals surface area contributed by atoms with Crippen LogP contribution < -0.4 is 5.32 Å². The second-order valence-electron chi connectivity index (χ2n) is 3.76. The Morgan fingerprint density at radius 2 is 1.93 bits per heavy atom. The Kier molecular flexibility index (Phi) is 5.95. The van der Waals surface area contributed by atoms with Gasteiger partial charge in [-0.3, -0.25) is 9.00 Å². The van der Waals surface area contributed by atoms with Crippen molar-refractivity contribution in [1.29, 1.82) is 0 Å². The summed E-state index contributed by atoms with van der Waals surface area (Å²) in [5.74, 6) is 0.615. The van der Waals surface area contributed by atoms with Crippen molar-refractivity contribution in [2.45, 2.75) is 25.9 Å². The molecule has 0 aromatic carbocycles. The molecular formula is C9H20N2O2S. The standard InChI is InChI=1S/C9H20N2O2S/c1-7(6-14(5)13)10-8(2)9(12)11(3)4/h7-8,10H,6H2,1-5H3. The van der Waals surface area contributed by atoms with Gasteiger partial charge in [-0.1, -0.05) is 0 Å². The van der Waals surface area contributed by atoms with E-state index in [1.54, 1.807) is 25.3 Å². The van der Waals surface area contributed by atoms with Crippen molar-refractivity contribution >= 4 is 16.7 Å². The van der Waals surface area contributed by atoms with E-state index >= 15 is 0 Å². The van der Waals surface area contributed by atoms with Crippen molar-refractivity contribution < 1.29 is 9.00 Å². The first kappa shape index (κ1) is 13.6. The van der Waals surface area contributed by atoms with E-state index in [1.807, 2.05) is 13.8 Å². The van der Waals surface area contributed by atoms with E-state index in [0.717, 1.165) is 0 Å². The zero-order valence-electron chi connectivity index (χ0n) is 9.53. The molecule has 4 nitrogen and oxygen atoms in total. The quantitative estimate of drug-likeness (QED) is 0.699. The number of carbonyl (C=O) groups is 1. The first-order valence-corrected chi connectivity index (χ1v) is 6.34. The fraction of sp³-hybridized carbons (Fsp3) is 0.889. The van der Waals surface area contributed by atoms with Gasteiger partial charge in [-0.25, -0.2) is 0 Å². The Labute approximate surface area is 88.5 Å². The lowest BCUT2D eigenvalue weighted by atomic mass is 10.2. The highest BCUT2D eigenvalue weighted by Crippen LogP contribution is 1.93. The Bertz CT molecular complexity index is 219. The topological polar surface area (TPSA) is 49.4 Å². The Morgan fingerprint density at radius 1 is 1.43 bits per heavy atom. The van der Waals surface area contributed by atoms with Gasteiger partial charge in [0, 0.05) is 42.9 Å². The second kappa shape index (κ2) is 6.14. The summed E-state index contributed by atoms with van der Waals surface area (Å²) in [5.41, 5.74) is 0. The SMILES string of the molecule is CC(CS(C)=O)NC(C)C(=O)N(C)C. The van der Waals surface area contributed by atoms with E-state index in [4.69, 9.17) is 0 Å². The third kappa shape index (κ3) is 5.34. The molecule has 1 N–H and O–H groups in total. The first-order valence-electron chi connectivity index (χ1n) is 4.61. The normalized spacial score (nSPS) is 17.2. The zero-order chi connectivity index (χ0) is 11.3. The monoisotopic (exact) mass is 220 g/mol. The summed E-state index contributed by atoms with van der Waals surface area (Å²) in [7, 11) is 2.63. The van der Waals surface area contributed by atoms with Crippen molar-refractivity contribution in [3.05, 3.63) is 0 Å². The highest BCUT2D eigenvalue weighted by atomic mass is 32.2. The summed E-state index contributed by atoms with van der Waals surface area (Å²) < 4.78 is 10.9. The van der Waals surface area contributed by atoms with Crippen LogP contribution in [0.3, 0.4) is 0 Å². The van der Waals surface area contributed by atoms with Gasteiger partial charge in [-0.15, -0.1) is 0 Å². The summed E-state index contributed by atoms with van der Waals surface area (Å²) in [4.78, 5) is 13.0. The van der Waals surface area contributed by atoms with Crippen molar-refractivity contribution in [3.8, 4) is 0 Å². The van der Waals surface area contributed by atoms with E-state index < -0.39 is 10.8 Å². The number of rotatable bonds is 5. The van der Waals surface area contributed by atoms with Crippen LogP contribution in [0, 0.1) is 0 Å². The minimum absolute atomic E-state index is 0.0405. The summed E-state index contributed by atoms with van der Waals surface area (Å²) in [6.45, 7) is 3.75. The van der Waals surface area contributed by atoms with Gasteiger partial charge in [0.15, 0.2) is 0 Å². The molecule has 14 heavy (non-hydrogen) atoms. The highest BCUT2D eigenvalue weighted by Gasteiger charge is 2.16. The van der Waals surface area contributed by atoms with E-state index in [2.05, 4.69) is 5.32 Å². The number of likely N-dealkylation sites (N-methyl/N-ethyl adjacent to an activating group) is 1. The molecule has 0 aliphatic rings. The number of amides is 1. The van der Waals surface area contributed by atoms with Gasteiger partial charge in [0.25, 0.3) is 0 Å². The molecule has 0 aliphatic carbocycles. The smallest absolute Gasteiger partial charge is 0.238 e. The molecule has 3 atom stereocenters. The Balaban J connectivity index is 3.99. The van der Waals surface area contributed by atoms with Crippen molar-refractivity contribution in [2.75, 3.05) is 26.1 Å². The van der Waals surface area contributed by atoms with E-state index in [9.17, 15) is 9.00 Å². The van der Waals surface area contributed by atoms with Gasteiger partial charge in [0.05, 0.1) is 6.04 Å². The average molecular weight is 220 g/mol. The minimum atomic E-state index is -0.823. The van der Waals surface area contributed by atoms with Crippen LogP contribution in [-0.4, -0.2) is 53.2 Å². The number of nitrogens with zero attached hydrogens (tertiary/aromatic N) is 1. The van der Waals surface area contributed by atoms with Gasteiger partial charge in [0.2, 0.25) is 5.91 Å². The molecule has 0 aliphatic heterocycles. The van der Waals surface area contributed by atoms with E-state index in [1.165, 1.54) is 0 Å². The van der Waals surface area contributed by atoms with Crippen LogP contribution in [-0.2, 0) is 15.6 Å². The highest BCUT2D eigenvalue weighted by molar-refractivity contribution is 7.84. The number of hydrogen-bond acceptors (Lipinski definition) is 3. The van der Waals surface area contributed by atoms with Crippen molar-refractivity contribution in [2.24, 2.45) is 0 Å². The largest absolute Gasteiger partial charge is 0.347 e. The van der Waals surface area contributed by atoms with Crippen LogP contribution in [0.1, 0.15) is 13.8 Å². The fourth-order valence-electron chi connectivity index (χ4n) is 1.29. The minimum Gasteiger partial charge on any atom is -0.347 e. The van der Waals surface area contributed by atoms with Gasteiger partial charge in [-0.05, 0) is 13.8 Å². The third-order valence-electron chi connectivity index (χ3n) is 1.83. The maximum atomic E-state index is 11.5. The van der Waals surface area contributed by atoms with Crippen LogP contribution >= 0.6 is 0 Å². The lowest BCUT2D eigenvalue weighted by Gasteiger charge is -2.21. The van der Waals surface area contributed by atoms with Gasteiger partial charge >= 0.3 is 0 Å². The van der Waals surface area contributed by atoms with Crippen molar-refractivity contribution in [3.63, 3.8) is 0 Å². The summed E-state index contributed by atoms with van der Waals surface area (Å²) in [6.07, 6.45) is 1.66. The summed E-state index contributed by atoms with van der Waals surface area (Å²) in [6, 6.07) is -0.122. The summed E-state index contributed by atoms with van der Waals surface area (Å²) >= 11 is 0. The second-order valence-corrected chi connectivity index (χ2v) is 5.24. The zero-order valence-corrected chi connectivity index (χ0v) is 10.4. The molecule has 0 saturated heterocycles. The van der Waals surface area contributed by atoms with Gasteiger partial charge in [-0.2, -0.15) is 0 Å². The molecule has 0 saturated carbocycles. The lowest BCUT2D eigenvalue weighted by Crippen LogP contribution is -2.46. The Morgan fingerprint density at radius 3 is 2.29 bits per heavy atom. The number of hydrogen-bond donors (Lipinski definition) is 1. The first-order chi connectivity index (χ1) is 6.34. The van der Waals surface area contributed by atoms with Crippen LogP contribution in [0.2, 0.25) is 0 Å². The summed E-state index contributed by atoms with van der Waals surface area (Å²) in [5, 5.41) is 3.11. The molecule has 0 spiro atoms. The molecule has 1 amide bonds. The predicted octanol–water partition coefficient (Wildman–Crippen LogP) is -0.180. The molecule has 0 aromatic rings. The molecule has 0 rings (SSSR count). The number of carbonyl (C=O) groups excluding carboxylic acids is 1. The average Bonchev–Trinajstić information content (AvgIpc) is 2.00. The third-order valence-corrected chi connectivity index (χ3v) is 2.80. The fourth-order valence-corrected chi connectivity index (χ4v) is 2.09. The predicted molar refractivity (Wildman–Crippen MR) is 59.7 cm³/mol. The maximum absolute atomic E-state index is 11.5. The van der Waals surface area contributed by atoms with Crippen LogP contribution in [0.5, 0.6) is 0 Å². The molecule has 0 bridgehead atoms. The van der Waals surface area contributed by atoms with E-state index in [0.29, 0.717) is 5.75 Å². The van der Waals surface area contributed by atoms with Crippen molar-refractivity contribution in [1.82, 2.24) is 10.2 Å². The lowest BCUT2D eigenvalue weighted by molar-refractivity contribution is -0.130.